The number of carbonyl (C=O) groups is 1. The predicted octanol–water partition coefficient (Wildman–Crippen LogP) is 4.26. The van der Waals surface area contributed by atoms with Gasteiger partial charge in [-0.3, -0.25) is 9.79 Å². The summed E-state index contributed by atoms with van der Waals surface area (Å²) in [5.41, 5.74) is 5.28. The molecule has 27 heavy (non-hydrogen) atoms. The number of hydrogen-bond donors (Lipinski definition) is 1. The highest BCUT2D eigenvalue weighted by atomic mass is 16.4. The summed E-state index contributed by atoms with van der Waals surface area (Å²) in [6, 6.07) is 14.4. The average Bonchev–Trinajstić information content (AvgIpc) is 2.86. The zero-order valence-electron chi connectivity index (χ0n) is 15.4. The van der Waals surface area contributed by atoms with E-state index in [9.17, 15) is 9.90 Å². The van der Waals surface area contributed by atoms with Crippen molar-refractivity contribution in [2.24, 2.45) is 4.99 Å². The Morgan fingerprint density at radius 3 is 2.74 bits per heavy atom. The number of aliphatic imine (C=N–C) groups is 1. The lowest BCUT2D eigenvalue weighted by molar-refractivity contribution is -0.137. The Kier molecular flexibility index (Phi) is 4.00. The molecule has 0 bridgehead atoms. The summed E-state index contributed by atoms with van der Waals surface area (Å²) in [6.45, 7) is 3.18. The number of benzene rings is 2. The fourth-order valence-electron chi connectivity index (χ4n) is 5.02. The van der Waals surface area contributed by atoms with E-state index in [4.69, 9.17) is 4.99 Å². The molecule has 4 nitrogen and oxygen atoms in total. The Morgan fingerprint density at radius 2 is 1.85 bits per heavy atom. The summed E-state index contributed by atoms with van der Waals surface area (Å²) in [5.74, 6) is 0.366. The highest BCUT2D eigenvalue weighted by Crippen LogP contribution is 2.46. The van der Waals surface area contributed by atoms with Crippen LogP contribution >= 0.6 is 0 Å². The first-order valence-electron chi connectivity index (χ1n) is 9.96. The molecule has 0 amide bonds. The van der Waals surface area contributed by atoms with E-state index in [1.165, 1.54) is 17.8 Å². The first-order chi connectivity index (χ1) is 13.2. The summed E-state index contributed by atoms with van der Waals surface area (Å²) in [5, 5.41) is 9.88. The highest BCUT2D eigenvalue weighted by Gasteiger charge is 2.34. The molecule has 3 aliphatic rings. The summed E-state index contributed by atoms with van der Waals surface area (Å²) < 4.78 is 0. The molecule has 0 radical (unpaired) electrons. The second-order valence-corrected chi connectivity index (χ2v) is 7.89. The molecule has 2 aromatic carbocycles. The predicted molar refractivity (Wildman–Crippen MR) is 106 cm³/mol. The van der Waals surface area contributed by atoms with Crippen molar-refractivity contribution >= 4 is 11.8 Å². The van der Waals surface area contributed by atoms with Gasteiger partial charge in [0.25, 0.3) is 0 Å². The van der Waals surface area contributed by atoms with Gasteiger partial charge in [-0.15, -0.1) is 0 Å². The number of aliphatic carboxylic acids is 1. The number of amidine groups is 1. The lowest BCUT2D eigenvalue weighted by Crippen LogP contribution is -2.35. The van der Waals surface area contributed by atoms with Gasteiger partial charge in [-0.05, 0) is 53.0 Å². The topological polar surface area (TPSA) is 52.9 Å². The van der Waals surface area contributed by atoms with Crippen molar-refractivity contribution in [2.75, 3.05) is 19.6 Å². The van der Waals surface area contributed by atoms with Crippen LogP contribution in [0, 0.1) is 0 Å². The van der Waals surface area contributed by atoms with Crippen molar-refractivity contribution in [1.29, 1.82) is 0 Å². The Labute approximate surface area is 159 Å². The second-order valence-electron chi connectivity index (χ2n) is 7.89. The van der Waals surface area contributed by atoms with Gasteiger partial charge < -0.3 is 10.0 Å². The maximum absolute atomic E-state index is 12.0. The number of nitrogens with zero attached hydrogens (tertiary/aromatic N) is 2. The van der Waals surface area contributed by atoms with Gasteiger partial charge >= 0.3 is 5.97 Å². The lowest BCUT2D eigenvalue weighted by Gasteiger charge is -2.28. The van der Waals surface area contributed by atoms with E-state index in [1.54, 1.807) is 0 Å². The minimum Gasteiger partial charge on any atom is -0.481 e. The number of fused-ring (bicyclic) bond motifs is 4. The smallest absolute Gasteiger partial charge is 0.315 e. The van der Waals surface area contributed by atoms with E-state index in [0.29, 0.717) is 5.92 Å². The molecule has 2 aromatic rings. The average molecular weight is 360 g/mol. The normalized spacial score (nSPS) is 23.7. The largest absolute Gasteiger partial charge is 0.481 e. The van der Waals surface area contributed by atoms with Crippen LogP contribution < -0.4 is 0 Å². The molecule has 5 rings (SSSR count). The molecule has 0 spiro atoms. The zero-order valence-corrected chi connectivity index (χ0v) is 15.4. The van der Waals surface area contributed by atoms with Gasteiger partial charge in [0, 0.05) is 26.1 Å². The van der Waals surface area contributed by atoms with Gasteiger partial charge in [0.05, 0.1) is 5.84 Å². The molecular formula is C23H24N2O2. The second kappa shape index (κ2) is 6.52. The van der Waals surface area contributed by atoms with Crippen LogP contribution in [-0.2, 0) is 4.79 Å². The molecule has 0 saturated carbocycles. The van der Waals surface area contributed by atoms with Gasteiger partial charge in [-0.2, -0.15) is 0 Å². The van der Waals surface area contributed by atoms with Crippen LogP contribution in [0.1, 0.15) is 54.2 Å². The Balaban J connectivity index is 1.53. The third-order valence-corrected chi connectivity index (χ3v) is 6.32. The van der Waals surface area contributed by atoms with Gasteiger partial charge in [-0.25, -0.2) is 0 Å². The van der Waals surface area contributed by atoms with E-state index in [-0.39, 0.29) is 0 Å². The summed E-state index contributed by atoms with van der Waals surface area (Å²) in [7, 11) is 0. The van der Waals surface area contributed by atoms with E-state index < -0.39 is 11.9 Å². The van der Waals surface area contributed by atoms with Crippen molar-refractivity contribution in [3.63, 3.8) is 0 Å². The summed E-state index contributed by atoms with van der Waals surface area (Å²) >= 11 is 0. The maximum Gasteiger partial charge on any atom is 0.315 e. The van der Waals surface area contributed by atoms with Crippen molar-refractivity contribution < 1.29 is 9.90 Å². The molecule has 2 atom stereocenters. The molecule has 2 unspecified atom stereocenters. The first-order valence-corrected chi connectivity index (χ1v) is 9.96. The SMILES string of the molecule is O=C(O)C1c2ccccc2-c2ccc(C3CCCN4CCCN=C4C3)cc21. The molecule has 2 aliphatic heterocycles. The van der Waals surface area contributed by atoms with Crippen LogP contribution in [0.3, 0.4) is 0 Å². The van der Waals surface area contributed by atoms with Crippen LogP contribution in [0.4, 0.5) is 0 Å². The summed E-state index contributed by atoms with van der Waals surface area (Å²) in [6.07, 6.45) is 4.44. The van der Waals surface area contributed by atoms with Crippen LogP contribution in [0.15, 0.2) is 47.5 Å². The number of hydrogen-bond acceptors (Lipinski definition) is 3. The molecule has 1 fully saturated rings. The van der Waals surface area contributed by atoms with Crippen molar-refractivity contribution in [3.05, 3.63) is 59.2 Å². The molecule has 2 heterocycles. The summed E-state index contributed by atoms with van der Waals surface area (Å²) in [4.78, 5) is 19.3. The first kappa shape index (κ1) is 16.5. The molecule has 4 heteroatoms. The maximum atomic E-state index is 12.0. The third-order valence-electron chi connectivity index (χ3n) is 6.32. The zero-order chi connectivity index (χ0) is 18.4. The van der Waals surface area contributed by atoms with Gasteiger partial charge in [0.1, 0.15) is 5.92 Å². The number of rotatable bonds is 2. The Hall–Kier alpha value is -2.62. The van der Waals surface area contributed by atoms with Crippen LogP contribution in [0.5, 0.6) is 0 Å². The quantitative estimate of drug-likeness (QED) is 0.871. The van der Waals surface area contributed by atoms with Gasteiger partial charge in [-0.1, -0.05) is 42.5 Å². The minimum atomic E-state index is -0.762. The number of carboxylic acid groups (broad SMARTS) is 1. The monoisotopic (exact) mass is 360 g/mol. The molecule has 0 aromatic heterocycles. The van der Waals surface area contributed by atoms with E-state index in [0.717, 1.165) is 61.2 Å². The van der Waals surface area contributed by atoms with Crippen molar-refractivity contribution in [3.8, 4) is 11.1 Å². The van der Waals surface area contributed by atoms with Crippen molar-refractivity contribution in [1.82, 2.24) is 4.90 Å². The van der Waals surface area contributed by atoms with Crippen LogP contribution in [0.2, 0.25) is 0 Å². The fourth-order valence-corrected chi connectivity index (χ4v) is 5.02. The van der Waals surface area contributed by atoms with Crippen LogP contribution in [0.25, 0.3) is 11.1 Å². The van der Waals surface area contributed by atoms with Gasteiger partial charge in [0.15, 0.2) is 0 Å². The number of carboxylic acids is 1. The fraction of sp³-hybridized carbons (Fsp3) is 0.391. The van der Waals surface area contributed by atoms with Crippen LogP contribution in [-0.4, -0.2) is 41.4 Å². The van der Waals surface area contributed by atoms with Crippen molar-refractivity contribution in [2.45, 2.75) is 37.5 Å². The van der Waals surface area contributed by atoms with Gasteiger partial charge in [0.2, 0.25) is 0 Å². The highest BCUT2D eigenvalue weighted by molar-refractivity contribution is 5.93. The molecular weight excluding hydrogens is 336 g/mol. The lowest BCUT2D eigenvalue weighted by atomic mass is 9.87. The molecule has 1 N–H and O–H groups in total. The third kappa shape index (κ3) is 2.75. The standard InChI is InChI=1S/C23H24N2O2/c26-23(27)22-19-7-2-1-6-17(19)18-9-8-16(13-20(18)22)15-5-3-11-25-12-4-10-24-21(25)14-15/h1-2,6-9,13,15,22H,3-5,10-12,14H2,(H,26,27). The Bertz CT molecular complexity index is 934. The minimum absolute atomic E-state index is 0.426. The molecule has 1 saturated heterocycles. The van der Waals surface area contributed by atoms with E-state index in [1.807, 2.05) is 24.3 Å². The Morgan fingerprint density at radius 1 is 1.04 bits per heavy atom. The van der Waals surface area contributed by atoms with E-state index >= 15 is 0 Å². The molecule has 138 valence electrons. The molecule has 1 aliphatic carbocycles. The van der Waals surface area contributed by atoms with E-state index in [2.05, 4.69) is 23.1 Å².